The van der Waals surface area contributed by atoms with E-state index in [2.05, 4.69) is 10.6 Å². The molecule has 4 heteroatoms. The second kappa shape index (κ2) is 6.97. The summed E-state index contributed by atoms with van der Waals surface area (Å²) in [6, 6.07) is 0. The van der Waals surface area contributed by atoms with E-state index in [1.807, 2.05) is 0 Å². The molecule has 0 aromatic carbocycles. The number of carbonyl (C=O) groups excluding carboxylic acids is 1. The summed E-state index contributed by atoms with van der Waals surface area (Å²) in [6.07, 6.45) is 7.44. The third-order valence-corrected chi connectivity index (χ3v) is 3.67. The van der Waals surface area contributed by atoms with Gasteiger partial charge in [0.1, 0.15) is 0 Å². The minimum Gasteiger partial charge on any atom is -0.376 e. The summed E-state index contributed by atoms with van der Waals surface area (Å²) in [5, 5.41) is 6.10. The lowest BCUT2D eigenvalue weighted by Gasteiger charge is -2.26. The monoisotopic (exact) mass is 240 g/mol. The summed E-state index contributed by atoms with van der Waals surface area (Å²) in [5.41, 5.74) is 0. The first-order valence-electron chi connectivity index (χ1n) is 6.93. The molecule has 0 atom stereocenters. The number of hydrogen-bond donors (Lipinski definition) is 2. The van der Waals surface area contributed by atoms with Crippen molar-refractivity contribution in [2.75, 3.05) is 26.2 Å². The average molecular weight is 240 g/mol. The number of carbonyl (C=O) groups is 1. The van der Waals surface area contributed by atoms with Crippen molar-refractivity contribution in [2.45, 2.75) is 44.6 Å². The maximum Gasteiger partial charge on any atom is 0.220 e. The number of ether oxygens (including phenoxy) is 1. The molecule has 2 rings (SSSR count). The Labute approximate surface area is 103 Å². The highest BCUT2D eigenvalue weighted by Gasteiger charge is 2.19. The predicted octanol–water partition coefficient (Wildman–Crippen LogP) is 1.06. The minimum absolute atomic E-state index is 0.170. The molecule has 98 valence electrons. The summed E-state index contributed by atoms with van der Waals surface area (Å²) in [5.74, 6) is 0.720. The molecule has 1 amide bonds. The lowest BCUT2D eigenvalue weighted by molar-refractivity contribution is -0.122. The fraction of sp³-hybridized carbons (Fsp3) is 0.923. The Morgan fingerprint density at radius 1 is 1.24 bits per heavy atom. The molecule has 1 aliphatic heterocycles. The zero-order valence-corrected chi connectivity index (χ0v) is 10.5. The molecule has 0 aromatic heterocycles. The molecule has 0 radical (unpaired) electrons. The van der Waals surface area contributed by atoms with Gasteiger partial charge in [-0.15, -0.1) is 0 Å². The molecule has 0 aromatic rings. The first-order valence-corrected chi connectivity index (χ1v) is 6.93. The molecule has 4 nitrogen and oxygen atoms in total. The van der Waals surface area contributed by atoms with Gasteiger partial charge in [-0.05, 0) is 31.8 Å². The van der Waals surface area contributed by atoms with E-state index in [0.717, 1.165) is 13.1 Å². The van der Waals surface area contributed by atoms with Gasteiger partial charge in [0.05, 0.1) is 12.7 Å². The Hall–Kier alpha value is -0.610. The van der Waals surface area contributed by atoms with Crippen LogP contribution < -0.4 is 10.6 Å². The van der Waals surface area contributed by atoms with Crippen molar-refractivity contribution >= 4 is 5.91 Å². The van der Waals surface area contributed by atoms with Gasteiger partial charge in [-0.1, -0.05) is 19.3 Å². The number of rotatable bonds is 6. The van der Waals surface area contributed by atoms with E-state index in [9.17, 15) is 4.79 Å². The largest absolute Gasteiger partial charge is 0.376 e. The Morgan fingerprint density at radius 2 is 2.00 bits per heavy atom. The fourth-order valence-electron chi connectivity index (χ4n) is 2.47. The van der Waals surface area contributed by atoms with Crippen LogP contribution in [0.25, 0.3) is 0 Å². The topological polar surface area (TPSA) is 50.4 Å². The van der Waals surface area contributed by atoms with Crippen LogP contribution in [0.3, 0.4) is 0 Å². The van der Waals surface area contributed by atoms with Gasteiger partial charge in [0.25, 0.3) is 0 Å². The van der Waals surface area contributed by atoms with Crippen LogP contribution in [-0.4, -0.2) is 38.3 Å². The Morgan fingerprint density at radius 3 is 2.65 bits per heavy atom. The van der Waals surface area contributed by atoms with Crippen LogP contribution in [0.1, 0.15) is 38.5 Å². The molecule has 2 aliphatic rings. The van der Waals surface area contributed by atoms with E-state index < -0.39 is 0 Å². The summed E-state index contributed by atoms with van der Waals surface area (Å²) in [7, 11) is 0. The minimum atomic E-state index is 0.170. The van der Waals surface area contributed by atoms with E-state index in [1.165, 1.54) is 32.1 Å². The van der Waals surface area contributed by atoms with Gasteiger partial charge in [0.15, 0.2) is 0 Å². The van der Waals surface area contributed by atoms with Crippen molar-refractivity contribution < 1.29 is 9.53 Å². The van der Waals surface area contributed by atoms with E-state index >= 15 is 0 Å². The second-order valence-corrected chi connectivity index (χ2v) is 5.21. The smallest absolute Gasteiger partial charge is 0.220 e. The zero-order valence-electron chi connectivity index (χ0n) is 10.5. The number of hydrogen-bond acceptors (Lipinski definition) is 3. The molecule has 0 spiro atoms. The van der Waals surface area contributed by atoms with Crippen LogP contribution in [0.2, 0.25) is 0 Å². The number of nitrogens with one attached hydrogen (secondary N) is 2. The number of amides is 1. The highest BCUT2D eigenvalue weighted by atomic mass is 16.5. The first-order chi connectivity index (χ1) is 8.34. The molecule has 17 heavy (non-hydrogen) atoms. The van der Waals surface area contributed by atoms with E-state index in [1.54, 1.807) is 0 Å². The van der Waals surface area contributed by atoms with Gasteiger partial charge in [-0.3, -0.25) is 4.79 Å². The second-order valence-electron chi connectivity index (χ2n) is 5.21. The predicted molar refractivity (Wildman–Crippen MR) is 66.8 cm³/mol. The SMILES string of the molecule is O=C(CC1CNC1)NCCOC1CCCCC1. The molecular weight excluding hydrogens is 216 g/mol. The van der Waals surface area contributed by atoms with Crippen molar-refractivity contribution in [3.63, 3.8) is 0 Å². The molecule has 1 aliphatic carbocycles. The molecule has 2 N–H and O–H groups in total. The van der Waals surface area contributed by atoms with Gasteiger partial charge < -0.3 is 15.4 Å². The first kappa shape index (κ1) is 12.8. The molecular formula is C13H24N2O2. The van der Waals surface area contributed by atoms with Crippen LogP contribution in [0, 0.1) is 5.92 Å². The lowest BCUT2D eigenvalue weighted by Crippen LogP contribution is -2.44. The highest BCUT2D eigenvalue weighted by molar-refractivity contribution is 5.76. The van der Waals surface area contributed by atoms with E-state index in [-0.39, 0.29) is 5.91 Å². The Balaban J connectivity index is 1.45. The van der Waals surface area contributed by atoms with Gasteiger partial charge in [-0.25, -0.2) is 0 Å². The van der Waals surface area contributed by atoms with Crippen LogP contribution in [0.5, 0.6) is 0 Å². The molecule has 1 saturated carbocycles. The Bertz CT molecular complexity index is 236. The van der Waals surface area contributed by atoms with Gasteiger partial charge in [0, 0.05) is 13.0 Å². The van der Waals surface area contributed by atoms with Crippen molar-refractivity contribution in [3.05, 3.63) is 0 Å². The van der Waals surface area contributed by atoms with Crippen LogP contribution in [0.4, 0.5) is 0 Å². The van der Waals surface area contributed by atoms with Crippen molar-refractivity contribution in [3.8, 4) is 0 Å². The van der Waals surface area contributed by atoms with Crippen LogP contribution in [0.15, 0.2) is 0 Å². The van der Waals surface area contributed by atoms with Crippen molar-refractivity contribution in [1.82, 2.24) is 10.6 Å². The summed E-state index contributed by atoms with van der Waals surface area (Å²) in [6.45, 7) is 3.31. The lowest BCUT2D eigenvalue weighted by atomic mass is 9.98. The standard InChI is InChI=1S/C13H24N2O2/c16-13(8-11-9-14-10-11)15-6-7-17-12-4-2-1-3-5-12/h11-12,14H,1-10H2,(H,15,16). The zero-order chi connectivity index (χ0) is 11.9. The molecule has 2 fully saturated rings. The fourth-order valence-corrected chi connectivity index (χ4v) is 2.47. The van der Waals surface area contributed by atoms with E-state index in [0.29, 0.717) is 31.6 Å². The Kier molecular flexibility index (Phi) is 5.26. The molecule has 1 saturated heterocycles. The molecule has 1 heterocycles. The summed E-state index contributed by atoms with van der Waals surface area (Å²) >= 11 is 0. The van der Waals surface area contributed by atoms with Crippen molar-refractivity contribution in [2.24, 2.45) is 5.92 Å². The van der Waals surface area contributed by atoms with Gasteiger partial charge in [0.2, 0.25) is 5.91 Å². The normalized spacial score (nSPS) is 22.1. The van der Waals surface area contributed by atoms with Gasteiger partial charge >= 0.3 is 0 Å². The third-order valence-electron chi connectivity index (χ3n) is 3.67. The molecule has 0 unspecified atom stereocenters. The molecule has 0 bridgehead atoms. The average Bonchev–Trinajstić information content (AvgIpc) is 2.31. The van der Waals surface area contributed by atoms with Crippen LogP contribution in [-0.2, 0) is 9.53 Å². The quantitative estimate of drug-likeness (QED) is 0.683. The highest BCUT2D eigenvalue weighted by Crippen LogP contribution is 2.19. The van der Waals surface area contributed by atoms with Gasteiger partial charge in [-0.2, -0.15) is 0 Å². The van der Waals surface area contributed by atoms with E-state index in [4.69, 9.17) is 4.74 Å². The summed E-state index contributed by atoms with van der Waals surface area (Å²) < 4.78 is 5.75. The maximum absolute atomic E-state index is 11.5. The van der Waals surface area contributed by atoms with Crippen molar-refractivity contribution in [1.29, 1.82) is 0 Å². The summed E-state index contributed by atoms with van der Waals surface area (Å²) in [4.78, 5) is 11.5. The maximum atomic E-state index is 11.5. The third kappa shape index (κ3) is 4.64. The van der Waals surface area contributed by atoms with Crippen LogP contribution >= 0.6 is 0 Å².